The quantitative estimate of drug-likeness (QED) is 0.425. The molecule has 148 valence electrons. The number of carboxylic acid groups (broad SMARTS) is 1. The Morgan fingerprint density at radius 3 is 2.43 bits per heavy atom. The molecule has 0 aliphatic rings. The van der Waals surface area contributed by atoms with Crippen LogP contribution < -0.4 is 10.9 Å². The molecule has 0 atom stereocenters. The van der Waals surface area contributed by atoms with Crippen LogP contribution in [0, 0.1) is 0 Å². The van der Waals surface area contributed by atoms with Gasteiger partial charge in [0.05, 0.1) is 5.39 Å². The standard InChI is InChI=1S/C22H16N4O4/c27-18(14-4-2-1-3-5-14)10-13-6-8-15(9-7-13)25-19-16-11-17(22(29)30)21(28)26-20(16)24-12-23-19/h1-9,11-12H,10H2,(H,29,30)(H2,23,24,25,26,28). The third-order valence-corrected chi connectivity index (χ3v) is 4.56. The van der Waals surface area contributed by atoms with Gasteiger partial charge in [0.25, 0.3) is 5.56 Å². The Hall–Kier alpha value is -4.33. The van der Waals surface area contributed by atoms with Gasteiger partial charge in [-0.15, -0.1) is 0 Å². The van der Waals surface area contributed by atoms with E-state index in [2.05, 4.69) is 20.3 Å². The summed E-state index contributed by atoms with van der Waals surface area (Å²) in [6.45, 7) is 0. The highest BCUT2D eigenvalue weighted by Crippen LogP contribution is 2.22. The molecule has 2 aromatic carbocycles. The van der Waals surface area contributed by atoms with Crippen LogP contribution in [0.5, 0.6) is 0 Å². The number of carbonyl (C=O) groups is 2. The molecule has 0 bridgehead atoms. The summed E-state index contributed by atoms with van der Waals surface area (Å²) in [4.78, 5) is 46.0. The van der Waals surface area contributed by atoms with Crippen molar-refractivity contribution >= 4 is 34.3 Å². The first-order valence-electron chi connectivity index (χ1n) is 9.07. The zero-order valence-electron chi connectivity index (χ0n) is 15.6. The normalized spacial score (nSPS) is 10.7. The molecule has 30 heavy (non-hydrogen) atoms. The Morgan fingerprint density at radius 1 is 1.00 bits per heavy atom. The van der Waals surface area contributed by atoms with Gasteiger partial charge >= 0.3 is 5.97 Å². The number of ketones is 1. The lowest BCUT2D eigenvalue weighted by Gasteiger charge is -2.09. The average molecular weight is 400 g/mol. The van der Waals surface area contributed by atoms with Crippen molar-refractivity contribution in [3.8, 4) is 0 Å². The molecular formula is C22H16N4O4. The molecule has 0 saturated carbocycles. The molecule has 0 aliphatic carbocycles. The number of benzene rings is 2. The maximum Gasteiger partial charge on any atom is 0.341 e. The molecule has 8 heteroatoms. The number of carbonyl (C=O) groups excluding carboxylic acids is 1. The van der Waals surface area contributed by atoms with Crippen LogP contribution in [0.3, 0.4) is 0 Å². The second-order valence-corrected chi connectivity index (χ2v) is 6.59. The minimum absolute atomic E-state index is 0.0308. The number of H-pyrrole nitrogens is 1. The summed E-state index contributed by atoms with van der Waals surface area (Å²) in [5.74, 6) is -0.949. The monoisotopic (exact) mass is 400 g/mol. The summed E-state index contributed by atoms with van der Waals surface area (Å²) in [5.41, 5.74) is 1.32. The molecule has 0 fully saturated rings. The van der Waals surface area contributed by atoms with Crippen LogP contribution in [-0.2, 0) is 6.42 Å². The summed E-state index contributed by atoms with van der Waals surface area (Å²) in [7, 11) is 0. The predicted octanol–water partition coefficient (Wildman–Crippen LogP) is 3.19. The number of Topliss-reactive ketones (excluding diaryl/α,β-unsaturated/α-hetero) is 1. The molecule has 0 saturated heterocycles. The lowest BCUT2D eigenvalue weighted by Crippen LogP contribution is -2.17. The minimum atomic E-state index is -1.33. The summed E-state index contributed by atoms with van der Waals surface area (Å²) < 4.78 is 0. The topological polar surface area (TPSA) is 125 Å². The van der Waals surface area contributed by atoms with Crippen molar-refractivity contribution in [2.75, 3.05) is 5.32 Å². The Labute approximate surface area is 170 Å². The smallest absolute Gasteiger partial charge is 0.341 e. The van der Waals surface area contributed by atoms with Crippen molar-refractivity contribution in [1.82, 2.24) is 15.0 Å². The average Bonchev–Trinajstić information content (AvgIpc) is 2.75. The SMILES string of the molecule is O=C(Cc1ccc(Nc2ncnc3[nH]c(=O)c(C(=O)O)cc23)cc1)c1ccccc1. The van der Waals surface area contributed by atoms with Crippen LogP contribution in [0.1, 0.15) is 26.3 Å². The minimum Gasteiger partial charge on any atom is -0.477 e. The van der Waals surface area contributed by atoms with Crippen molar-refractivity contribution in [3.05, 3.63) is 94.0 Å². The molecule has 2 heterocycles. The number of aromatic nitrogens is 3. The number of hydrogen-bond donors (Lipinski definition) is 3. The van der Waals surface area contributed by atoms with Gasteiger partial charge < -0.3 is 15.4 Å². The van der Waals surface area contributed by atoms with Crippen molar-refractivity contribution in [3.63, 3.8) is 0 Å². The first-order chi connectivity index (χ1) is 14.5. The number of anilines is 2. The Morgan fingerprint density at radius 2 is 1.73 bits per heavy atom. The van der Waals surface area contributed by atoms with Gasteiger partial charge in [-0.05, 0) is 23.8 Å². The number of pyridine rings is 1. The second-order valence-electron chi connectivity index (χ2n) is 6.59. The van der Waals surface area contributed by atoms with Gasteiger partial charge in [-0.2, -0.15) is 0 Å². The molecule has 2 aromatic heterocycles. The number of aromatic carboxylic acids is 1. The summed E-state index contributed by atoms with van der Waals surface area (Å²) in [6.07, 6.45) is 1.55. The van der Waals surface area contributed by atoms with E-state index in [4.69, 9.17) is 0 Å². The van der Waals surface area contributed by atoms with E-state index in [0.717, 1.165) is 5.56 Å². The van der Waals surface area contributed by atoms with E-state index in [0.29, 0.717) is 22.5 Å². The molecule has 0 radical (unpaired) electrons. The molecule has 8 nitrogen and oxygen atoms in total. The van der Waals surface area contributed by atoms with Crippen molar-refractivity contribution in [1.29, 1.82) is 0 Å². The molecule has 4 aromatic rings. The number of nitrogens with zero attached hydrogens (tertiary/aromatic N) is 2. The first-order valence-corrected chi connectivity index (χ1v) is 9.07. The maximum atomic E-state index is 12.3. The lowest BCUT2D eigenvalue weighted by atomic mass is 10.0. The van der Waals surface area contributed by atoms with E-state index in [-0.39, 0.29) is 17.9 Å². The van der Waals surface area contributed by atoms with E-state index in [1.54, 1.807) is 24.3 Å². The molecule has 0 aliphatic heterocycles. The summed E-state index contributed by atoms with van der Waals surface area (Å²) >= 11 is 0. The van der Waals surface area contributed by atoms with Gasteiger partial charge in [0.15, 0.2) is 5.78 Å². The number of fused-ring (bicyclic) bond motifs is 1. The first kappa shape index (κ1) is 19.0. The van der Waals surface area contributed by atoms with Crippen molar-refractivity contribution in [2.45, 2.75) is 6.42 Å². The van der Waals surface area contributed by atoms with E-state index in [1.807, 2.05) is 30.3 Å². The van der Waals surface area contributed by atoms with Crippen LogP contribution in [0.15, 0.2) is 71.8 Å². The zero-order valence-corrected chi connectivity index (χ0v) is 15.6. The molecule has 3 N–H and O–H groups in total. The number of hydrogen-bond acceptors (Lipinski definition) is 6. The largest absolute Gasteiger partial charge is 0.477 e. The van der Waals surface area contributed by atoms with Gasteiger partial charge in [-0.3, -0.25) is 9.59 Å². The van der Waals surface area contributed by atoms with Gasteiger partial charge in [0.1, 0.15) is 23.4 Å². The van der Waals surface area contributed by atoms with E-state index >= 15 is 0 Å². The third-order valence-electron chi connectivity index (χ3n) is 4.56. The lowest BCUT2D eigenvalue weighted by molar-refractivity contribution is 0.0695. The van der Waals surface area contributed by atoms with E-state index in [9.17, 15) is 19.5 Å². The van der Waals surface area contributed by atoms with Crippen LogP contribution in [0.4, 0.5) is 11.5 Å². The van der Waals surface area contributed by atoms with Gasteiger partial charge in [-0.1, -0.05) is 42.5 Å². The van der Waals surface area contributed by atoms with Crippen molar-refractivity contribution in [2.24, 2.45) is 0 Å². The van der Waals surface area contributed by atoms with Gasteiger partial charge in [0.2, 0.25) is 0 Å². The third kappa shape index (κ3) is 3.93. The number of aromatic amines is 1. The Kier molecular flexibility index (Phi) is 5.04. The van der Waals surface area contributed by atoms with Crippen LogP contribution >= 0.6 is 0 Å². The van der Waals surface area contributed by atoms with E-state index < -0.39 is 17.1 Å². The zero-order chi connectivity index (χ0) is 21.1. The predicted molar refractivity (Wildman–Crippen MR) is 111 cm³/mol. The summed E-state index contributed by atoms with van der Waals surface area (Å²) in [6, 6.07) is 17.6. The van der Waals surface area contributed by atoms with Gasteiger partial charge in [0, 0.05) is 17.7 Å². The Bertz CT molecular complexity index is 1300. The molecule has 0 unspecified atom stereocenters. The van der Waals surface area contributed by atoms with Crippen molar-refractivity contribution < 1.29 is 14.7 Å². The van der Waals surface area contributed by atoms with Gasteiger partial charge in [-0.25, -0.2) is 14.8 Å². The molecule has 0 amide bonds. The Balaban J connectivity index is 1.57. The fraction of sp³-hybridized carbons (Fsp3) is 0.0455. The molecule has 0 spiro atoms. The highest BCUT2D eigenvalue weighted by atomic mass is 16.4. The number of carboxylic acids is 1. The fourth-order valence-corrected chi connectivity index (χ4v) is 3.03. The second kappa shape index (κ2) is 7.96. The molecular weight excluding hydrogens is 384 g/mol. The van der Waals surface area contributed by atoms with Crippen LogP contribution in [0.2, 0.25) is 0 Å². The van der Waals surface area contributed by atoms with Crippen LogP contribution in [0.25, 0.3) is 11.0 Å². The summed E-state index contributed by atoms with van der Waals surface area (Å²) in [5, 5.41) is 12.6. The number of rotatable bonds is 6. The van der Waals surface area contributed by atoms with E-state index in [1.165, 1.54) is 12.4 Å². The maximum absolute atomic E-state index is 12.3. The highest BCUT2D eigenvalue weighted by Gasteiger charge is 2.14. The fourth-order valence-electron chi connectivity index (χ4n) is 3.03. The molecule has 4 rings (SSSR count). The highest BCUT2D eigenvalue weighted by molar-refractivity contribution is 5.97. The number of nitrogens with one attached hydrogen (secondary N) is 2. The van der Waals surface area contributed by atoms with Crippen LogP contribution in [-0.4, -0.2) is 31.8 Å².